The van der Waals surface area contributed by atoms with Crippen molar-refractivity contribution in [2.75, 3.05) is 38.7 Å². The molecule has 2 aromatic carbocycles. The first-order valence-electron chi connectivity index (χ1n) is 9.31. The summed E-state index contributed by atoms with van der Waals surface area (Å²) in [6.07, 6.45) is 1.87. The van der Waals surface area contributed by atoms with Crippen LogP contribution in [0.25, 0.3) is 11.6 Å². The molecule has 3 rings (SSSR count). The molecule has 0 saturated heterocycles. The number of methoxy groups -OCH3 is 1. The summed E-state index contributed by atoms with van der Waals surface area (Å²) in [6, 6.07) is 13.4. The van der Waals surface area contributed by atoms with Crippen LogP contribution in [-0.2, 0) is 4.79 Å². The molecule has 1 amide bonds. The van der Waals surface area contributed by atoms with Gasteiger partial charge in [0, 0.05) is 28.9 Å². The Balaban J connectivity index is 1.88. The van der Waals surface area contributed by atoms with Crippen molar-refractivity contribution in [2.45, 2.75) is 13.8 Å². The lowest BCUT2D eigenvalue weighted by Crippen LogP contribution is -2.28. The van der Waals surface area contributed by atoms with Gasteiger partial charge in [0.25, 0.3) is 5.91 Å². The first-order chi connectivity index (χ1) is 13.2. The molecular weight excluding hydrogens is 340 g/mol. The SMILES string of the molecule is CCN(CC)CCOc1ccc(OC)cc1C=C1C(=O)Nc2ccccc21. The molecule has 0 unspecified atom stereocenters. The van der Waals surface area contributed by atoms with Crippen LogP contribution in [0.4, 0.5) is 5.69 Å². The molecule has 1 N–H and O–H groups in total. The van der Waals surface area contributed by atoms with Gasteiger partial charge in [-0.15, -0.1) is 0 Å². The van der Waals surface area contributed by atoms with Gasteiger partial charge < -0.3 is 19.7 Å². The normalized spacial score (nSPS) is 14.4. The molecule has 1 heterocycles. The summed E-state index contributed by atoms with van der Waals surface area (Å²) in [4.78, 5) is 14.7. The first-order valence-corrected chi connectivity index (χ1v) is 9.31. The number of rotatable bonds is 8. The molecule has 1 aliphatic heterocycles. The van der Waals surface area contributed by atoms with Crippen molar-refractivity contribution in [1.82, 2.24) is 4.90 Å². The van der Waals surface area contributed by atoms with Crippen LogP contribution in [0, 0.1) is 0 Å². The van der Waals surface area contributed by atoms with E-state index in [0.717, 1.165) is 47.9 Å². The number of amides is 1. The zero-order chi connectivity index (χ0) is 19.2. The number of hydrogen-bond donors (Lipinski definition) is 1. The number of nitrogens with zero attached hydrogens (tertiary/aromatic N) is 1. The lowest BCUT2D eigenvalue weighted by Gasteiger charge is -2.19. The molecule has 0 atom stereocenters. The number of hydrogen-bond acceptors (Lipinski definition) is 4. The maximum absolute atomic E-state index is 12.4. The molecule has 142 valence electrons. The second-order valence-electron chi connectivity index (χ2n) is 6.34. The van der Waals surface area contributed by atoms with Gasteiger partial charge in [-0.1, -0.05) is 32.0 Å². The molecule has 0 spiro atoms. The number of ether oxygens (including phenoxy) is 2. The monoisotopic (exact) mass is 366 g/mol. The first kappa shape index (κ1) is 19.0. The maximum Gasteiger partial charge on any atom is 0.256 e. The van der Waals surface area contributed by atoms with Gasteiger partial charge in [0.1, 0.15) is 18.1 Å². The zero-order valence-corrected chi connectivity index (χ0v) is 16.1. The van der Waals surface area contributed by atoms with Crippen LogP contribution in [0.3, 0.4) is 0 Å². The van der Waals surface area contributed by atoms with Gasteiger partial charge in [0.15, 0.2) is 0 Å². The van der Waals surface area contributed by atoms with Crippen LogP contribution in [-0.4, -0.2) is 44.2 Å². The molecule has 0 aromatic heterocycles. The molecule has 5 nitrogen and oxygen atoms in total. The van der Waals surface area contributed by atoms with Crippen LogP contribution in [0.2, 0.25) is 0 Å². The molecule has 0 aliphatic carbocycles. The lowest BCUT2D eigenvalue weighted by molar-refractivity contribution is -0.110. The average molecular weight is 366 g/mol. The largest absolute Gasteiger partial charge is 0.497 e. The van der Waals surface area contributed by atoms with Crippen LogP contribution >= 0.6 is 0 Å². The van der Waals surface area contributed by atoms with Crippen LogP contribution in [0.1, 0.15) is 25.0 Å². The van der Waals surface area contributed by atoms with E-state index in [4.69, 9.17) is 9.47 Å². The minimum atomic E-state index is -0.104. The minimum Gasteiger partial charge on any atom is -0.497 e. The van der Waals surface area contributed by atoms with Gasteiger partial charge in [-0.05, 0) is 43.4 Å². The van der Waals surface area contributed by atoms with Crippen LogP contribution in [0.5, 0.6) is 11.5 Å². The van der Waals surface area contributed by atoms with Gasteiger partial charge in [-0.3, -0.25) is 4.79 Å². The molecule has 5 heteroatoms. The number of fused-ring (bicyclic) bond motifs is 1. The molecule has 0 bridgehead atoms. The second kappa shape index (κ2) is 8.73. The van der Waals surface area contributed by atoms with Crippen molar-refractivity contribution in [1.29, 1.82) is 0 Å². The molecule has 0 radical (unpaired) electrons. The fourth-order valence-corrected chi connectivity index (χ4v) is 3.16. The third-order valence-electron chi connectivity index (χ3n) is 4.79. The third-order valence-corrected chi connectivity index (χ3v) is 4.79. The Hall–Kier alpha value is -2.79. The topological polar surface area (TPSA) is 50.8 Å². The predicted octanol–water partition coefficient (Wildman–Crippen LogP) is 3.91. The van der Waals surface area contributed by atoms with Gasteiger partial charge in [0.2, 0.25) is 0 Å². The minimum absolute atomic E-state index is 0.104. The van der Waals surface area contributed by atoms with Gasteiger partial charge in [-0.25, -0.2) is 0 Å². The number of benzene rings is 2. The van der Waals surface area contributed by atoms with E-state index in [0.29, 0.717) is 12.2 Å². The third kappa shape index (κ3) is 4.31. The number of para-hydroxylation sites is 1. The second-order valence-corrected chi connectivity index (χ2v) is 6.34. The molecule has 0 fully saturated rings. The summed E-state index contributed by atoms with van der Waals surface area (Å²) in [6.45, 7) is 7.73. The Bertz CT molecular complexity index is 841. The lowest BCUT2D eigenvalue weighted by atomic mass is 10.0. The van der Waals surface area contributed by atoms with E-state index in [2.05, 4.69) is 24.1 Å². The highest BCUT2D eigenvalue weighted by atomic mass is 16.5. The highest BCUT2D eigenvalue weighted by Gasteiger charge is 2.23. The van der Waals surface area contributed by atoms with E-state index in [1.54, 1.807) is 7.11 Å². The van der Waals surface area contributed by atoms with Crippen LogP contribution < -0.4 is 14.8 Å². The summed E-state index contributed by atoms with van der Waals surface area (Å²) < 4.78 is 11.4. The van der Waals surface area contributed by atoms with Crippen molar-refractivity contribution in [3.8, 4) is 11.5 Å². The van der Waals surface area contributed by atoms with Crippen molar-refractivity contribution in [3.63, 3.8) is 0 Å². The maximum atomic E-state index is 12.4. The predicted molar refractivity (Wildman–Crippen MR) is 109 cm³/mol. The van der Waals surface area contributed by atoms with E-state index in [1.807, 2.05) is 48.5 Å². The fourth-order valence-electron chi connectivity index (χ4n) is 3.16. The number of carbonyl (C=O) groups excluding carboxylic acids is 1. The Morgan fingerprint density at radius 3 is 2.63 bits per heavy atom. The van der Waals surface area contributed by atoms with E-state index in [-0.39, 0.29) is 5.91 Å². The Morgan fingerprint density at radius 1 is 1.11 bits per heavy atom. The summed E-state index contributed by atoms with van der Waals surface area (Å²) in [7, 11) is 1.63. The molecule has 27 heavy (non-hydrogen) atoms. The Kier molecular flexibility index (Phi) is 6.14. The average Bonchev–Trinajstić information content (AvgIpc) is 3.01. The van der Waals surface area contributed by atoms with E-state index >= 15 is 0 Å². The summed E-state index contributed by atoms with van der Waals surface area (Å²) in [5.74, 6) is 1.37. The molecule has 0 saturated carbocycles. The number of carbonyl (C=O) groups is 1. The Morgan fingerprint density at radius 2 is 1.89 bits per heavy atom. The number of likely N-dealkylation sites (N-methyl/N-ethyl adjacent to an activating group) is 1. The highest BCUT2D eigenvalue weighted by molar-refractivity contribution is 6.35. The van der Waals surface area contributed by atoms with Crippen molar-refractivity contribution >= 4 is 23.2 Å². The molecule has 1 aliphatic rings. The summed E-state index contributed by atoms with van der Waals surface area (Å²) in [5, 5.41) is 2.90. The fraction of sp³-hybridized carbons (Fsp3) is 0.318. The van der Waals surface area contributed by atoms with E-state index in [9.17, 15) is 4.79 Å². The van der Waals surface area contributed by atoms with Crippen LogP contribution in [0.15, 0.2) is 42.5 Å². The van der Waals surface area contributed by atoms with E-state index in [1.165, 1.54) is 0 Å². The summed E-state index contributed by atoms with van der Waals surface area (Å²) >= 11 is 0. The highest BCUT2D eigenvalue weighted by Crippen LogP contribution is 2.35. The number of nitrogens with one attached hydrogen (secondary N) is 1. The van der Waals surface area contributed by atoms with Gasteiger partial charge in [-0.2, -0.15) is 0 Å². The van der Waals surface area contributed by atoms with Gasteiger partial charge in [0.05, 0.1) is 7.11 Å². The van der Waals surface area contributed by atoms with Crippen molar-refractivity contribution in [3.05, 3.63) is 53.6 Å². The Labute approximate surface area is 160 Å². The molecule has 2 aromatic rings. The quantitative estimate of drug-likeness (QED) is 0.720. The van der Waals surface area contributed by atoms with E-state index < -0.39 is 0 Å². The molecular formula is C22H26N2O3. The zero-order valence-electron chi connectivity index (χ0n) is 16.1. The van der Waals surface area contributed by atoms with Crippen molar-refractivity contribution in [2.24, 2.45) is 0 Å². The number of anilines is 1. The smallest absolute Gasteiger partial charge is 0.256 e. The van der Waals surface area contributed by atoms with Gasteiger partial charge >= 0.3 is 0 Å². The summed E-state index contributed by atoms with van der Waals surface area (Å²) in [5.41, 5.74) is 3.20. The van der Waals surface area contributed by atoms with Crippen molar-refractivity contribution < 1.29 is 14.3 Å². The standard InChI is InChI=1S/C22H26N2O3/c1-4-24(5-2)12-13-27-21-11-10-17(26-3)14-16(21)15-19-18-8-6-7-9-20(18)23-22(19)25/h6-11,14-15H,4-5,12-13H2,1-3H3,(H,23,25).